The van der Waals surface area contributed by atoms with E-state index in [2.05, 4.69) is 36.7 Å². The molecule has 2 aromatic rings. The van der Waals surface area contributed by atoms with Crippen LogP contribution in [0.5, 0.6) is 0 Å². The van der Waals surface area contributed by atoms with Gasteiger partial charge in [-0.2, -0.15) is 5.10 Å². The molecule has 1 aliphatic heterocycles. The molecule has 0 saturated carbocycles. The van der Waals surface area contributed by atoms with Gasteiger partial charge in [-0.25, -0.2) is 4.68 Å². The van der Waals surface area contributed by atoms with E-state index in [4.69, 9.17) is 0 Å². The molecule has 0 aliphatic carbocycles. The number of Topliss-reactive ketones (excluding diaryl/α,β-unsaturated/α-hetero) is 1. The smallest absolute Gasteiger partial charge is 0.190 e. The van der Waals surface area contributed by atoms with E-state index >= 15 is 0 Å². The standard InChI is InChI=1S/C12H15BrN6O/c1-7-12(13)10(18(2)16-7)3-11(20)9-6-19(17-15-9)8-4-14-5-8/h6,8,14H,3-5H2,1-2H3. The maximum Gasteiger partial charge on any atom is 0.190 e. The van der Waals surface area contributed by atoms with Crippen LogP contribution in [0.15, 0.2) is 10.7 Å². The second-order valence-electron chi connectivity index (χ2n) is 4.97. The molecule has 0 aromatic carbocycles. The van der Waals surface area contributed by atoms with E-state index in [0.717, 1.165) is 29.0 Å². The van der Waals surface area contributed by atoms with Gasteiger partial charge in [-0.15, -0.1) is 5.10 Å². The Morgan fingerprint density at radius 3 is 2.85 bits per heavy atom. The number of hydrogen-bond donors (Lipinski definition) is 1. The Kier molecular flexibility index (Phi) is 3.43. The monoisotopic (exact) mass is 338 g/mol. The van der Waals surface area contributed by atoms with Crippen molar-refractivity contribution in [3.8, 4) is 0 Å². The summed E-state index contributed by atoms with van der Waals surface area (Å²) in [5, 5.41) is 15.4. The van der Waals surface area contributed by atoms with Crippen LogP contribution in [0, 0.1) is 6.92 Å². The minimum atomic E-state index is -0.0489. The highest BCUT2D eigenvalue weighted by atomic mass is 79.9. The van der Waals surface area contributed by atoms with Crippen LogP contribution in [-0.4, -0.2) is 43.6 Å². The van der Waals surface area contributed by atoms with Crippen molar-refractivity contribution in [2.24, 2.45) is 7.05 Å². The molecule has 1 saturated heterocycles. The molecule has 1 N–H and O–H groups in total. The lowest BCUT2D eigenvalue weighted by Crippen LogP contribution is -2.43. The zero-order chi connectivity index (χ0) is 14.3. The van der Waals surface area contributed by atoms with Crippen LogP contribution in [0.4, 0.5) is 0 Å². The molecule has 0 radical (unpaired) electrons. The number of halogens is 1. The second-order valence-corrected chi connectivity index (χ2v) is 5.76. The quantitative estimate of drug-likeness (QED) is 0.828. The van der Waals surface area contributed by atoms with E-state index in [1.54, 1.807) is 15.6 Å². The molecular formula is C12H15BrN6O. The number of ketones is 1. The molecule has 1 fully saturated rings. The molecule has 20 heavy (non-hydrogen) atoms. The maximum absolute atomic E-state index is 12.3. The summed E-state index contributed by atoms with van der Waals surface area (Å²) in [4.78, 5) is 12.3. The molecule has 7 nitrogen and oxygen atoms in total. The molecule has 0 spiro atoms. The first-order chi connectivity index (χ1) is 9.56. The summed E-state index contributed by atoms with van der Waals surface area (Å²) in [5.41, 5.74) is 2.13. The third-order valence-electron chi connectivity index (χ3n) is 3.52. The zero-order valence-corrected chi connectivity index (χ0v) is 12.9. The summed E-state index contributed by atoms with van der Waals surface area (Å²) >= 11 is 3.47. The molecule has 2 aromatic heterocycles. The van der Waals surface area contributed by atoms with Gasteiger partial charge in [0.25, 0.3) is 0 Å². The third kappa shape index (κ3) is 2.29. The van der Waals surface area contributed by atoms with Crippen molar-refractivity contribution in [2.45, 2.75) is 19.4 Å². The maximum atomic E-state index is 12.3. The molecule has 3 heterocycles. The van der Waals surface area contributed by atoms with Crippen molar-refractivity contribution in [1.29, 1.82) is 0 Å². The first-order valence-electron chi connectivity index (χ1n) is 6.40. The Labute approximate surface area is 124 Å². The van der Waals surface area contributed by atoms with Crippen molar-refractivity contribution in [2.75, 3.05) is 13.1 Å². The summed E-state index contributed by atoms with van der Waals surface area (Å²) in [6, 6.07) is 0.315. The minimum Gasteiger partial charge on any atom is -0.312 e. The van der Waals surface area contributed by atoms with E-state index in [0.29, 0.717) is 11.7 Å². The summed E-state index contributed by atoms with van der Waals surface area (Å²) in [5.74, 6) is -0.0489. The van der Waals surface area contributed by atoms with Crippen LogP contribution in [0.3, 0.4) is 0 Å². The largest absolute Gasteiger partial charge is 0.312 e. The van der Waals surface area contributed by atoms with Gasteiger partial charge in [0.15, 0.2) is 5.78 Å². The molecule has 8 heteroatoms. The Morgan fingerprint density at radius 1 is 1.55 bits per heavy atom. The topological polar surface area (TPSA) is 77.6 Å². The first kappa shape index (κ1) is 13.4. The van der Waals surface area contributed by atoms with E-state index < -0.39 is 0 Å². The molecule has 106 valence electrons. The molecule has 3 rings (SSSR count). The number of rotatable bonds is 4. The number of nitrogens with zero attached hydrogens (tertiary/aromatic N) is 5. The highest BCUT2D eigenvalue weighted by Gasteiger charge is 2.23. The van der Waals surface area contributed by atoms with Crippen LogP contribution in [0.2, 0.25) is 0 Å². The van der Waals surface area contributed by atoms with Crippen molar-refractivity contribution in [1.82, 2.24) is 30.1 Å². The number of hydrogen-bond acceptors (Lipinski definition) is 5. The highest BCUT2D eigenvalue weighted by molar-refractivity contribution is 9.10. The number of nitrogens with one attached hydrogen (secondary N) is 1. The lowest BCUT2D eigenvalue weighted by atomic mass is 10.1. The number of aryl methyl sites for hydroxylation is 2. The summed E-state index contributed by atoms with van der Waals surface area (Å²) in [7, 11) is 1.83. The van der Waals surface area contributed by atoms with Gasteiger partial charge in [-0.1, -0.05) is 5.21 Å². The molecule has 1 aliphatic rings. The fraction of sp³-hybridized carbons (Fsp3) is 0.500. The minimum absolute atomic E-state index is 0.0489. The van der Waals surface area contributed by atoms with Gasteiger partial charge in [-0.05, 0) is 22.9 Å². The van der Waals surface area contributed by atoms with Crippen LogP contribution < -0.4 is 5.32 Å². The predicted octanol–water partition coefficient (Wildman–Crippen LogP) is 0.652. The number of aromatic nitrogens is 5. The average Bonchev–Trinajstić information content (AvgIpc) is 2.89. The van der Waals surface area contributed by atoms with E-state index in [1.807, 2.05) is 14.0 Å². The predicted molar refractivity (Wildman–Crippen MR) is 75.6 cm³/mol. The number of carbonyl (C=O) groups is 1. The van der Waals surface area contributed by atoms with Gasteiger partial charge in [0.2, 0.25) is 0 Å². The normalized spacial score (nSPS) is 15.3. The van der Waals surface area contributed by atoms with Gasteiger partial charge in [0.1, 0.15) is 5.69 Å². The van der Waals surface area contributed by atoms with Crippen LogP contribution in [-0.2, 0) is 13.5 Å². The van der Waals surface area contributed by atoms with Gasteiger partial charge in [0, 0.05) is 20.1 Å². The average molecular weight is 339 g/mol. The van der Waals surface area contributed by atoms with E-state index in [-0.39, 0.29) is 12.2 Å². The molecular weight excluding hydrogens is 324 g/mol. The fourth-order valence-corrected chi connectivity index (χ4v) is 2.63. The molecule has 0 unspecified atom stereocenters. The first-order valence-corrected chi connectivity index (χ1v) is 7.19. The summed E-state index contributed by atoms with van der Waals surface area (Å²) in [6.45, 7) is 3.66. The fourth-order valence-electron chi connectivity index (χ4n) is 2.16. The van der Waals surface area contributed by atoms with Gasteiger partial charge < -0.3 is 5.32 Å². The van der Waals surface area contributed by atoms with Gasteiger partial charge in [-0.3, -0.25) is 9.48 Å². The van der Waals surface area contributed by atoms with Crippen LogP contribution >= 0.6 is 15.9 Å². The Balaban J connectivity index is 1.77. The lowest BCUT2D eigenvalue weighted by Gasteiger charge is -2.26. The Hall–Kier alpha value is -1.54. The number of carbonyl (C=O) groups excluding carboxylic acids is 1. The van der Waals surface area contributed by atoms with Crippen molar-refractivity contribution < 1.29 is 4.79 Å². The summed E-state index contributed by atoms with van der Waals surface area (Å²) in [6.07, 6.45) is 1.99. The molecule has 0 bridgehead atoms. The second kappa shape index (κ2) is 5.10. The van der Waals surface area contributed by atoms with Gasteiger partial charge in [0.05, 0.1) is 34.5 Å². The molecule has 0 amide bonds. The lowest BCUT2D eigenvalue weighted by molar-refractivity contribution is 0.0985. The van der Waals surface area contributed by atoms with Gasteiger partial charge >= 0.3 is 0 Å². The Morgan fingerprint density at radius 2 is 2.30 bits per heavy atom. The van der Waals surface area contributed by atoms with E-state index in [1.165, 1.54) is 0 Å². The van der Waals surface area contributed by atoms with E-state index in [9.17, 15) is 4.79 Å². The molecule has 0 atom stereocenters. The third-order valence-corrected chi connectivity index (χ3v) is 4.55. The van der Waals surface area contributed by atoms with Crippen LogP contribution in [0.25, 0.3) is 0 Å². The highest BCUT2D eigenvalue weighted by Crippen LogP contribution is 2.21. The van der Waals surface area contributed by atoms with Crippen LogP contribution in [0.1, 0.15) is 27.9 Å². The van der Waals surface area contributed by atoms with Crippen molar-refractivity contribution in [3.63, 3.8) is 0 Å². The zero-order valence-electron chi connectivity index (χ0n) is 11.3. The van der Waals surface area contributed by atoms with Crippen molar-refractivity contribution in [3.05, 3.63) is 27.8 Å². The SMILES string of the molecule is Cc1nn(C)c(CC(=O)c2cn(C3CNC3)nn2)c1Br. The summed E-state index contributed by atoms with van der Waals surface area (Å²) < 4.78 is 4.36. The van der Waals surface area contributed by atoms with Crippen molar-refractivity contribution >= 4 is 21.7 Å². The Bertz CT molecular complexity index is 657.